The quantitative estimate of drug-likeness (QED) is 0.685. The largest absolute Gasteiger partial charge is 0.405 e. The van der Waals surface area contributed by atoms with Gasteiger partial charge < -0.3 is 15.4 Å². The monoisotopic (exact) mass is 256 g/mol. The minimum atomic E-state index is -4.37. The summed E-state index contributed by atoms with van der Waals surface area (Å²) in [5, 5.41) is 4.06. The molecule has 0 aromatic heterocycles. The summed E-state index contributed by atoms with van der Waals surface area (Å²) in [7, 11) is 0. The van der Waals surface area contributed by atoms with E-state index < -0.39 is 18.8 Å². The fourth-order valence-electron chi connectivity index (χ4n) is 0.991. The lowest BCUT2D eigenvalue weighted by molar-refractivity contribution is -0.122. The van der Waals surface area contributed by atoms with Gasteiger partial charge in [-0.2, -0.15) is 13.2 Å². The Morgan fingerprint density at radius 1 is 1.24 bits per heavy atom. The van der Waals surface area contributed by atoms with Crippen LogP contribution >= 0.6 is 0 Å². The van der Waals surface area contributed by atoms with E-state index >= 15 is 0 Å². The SMILES string of the molecule is CC(C)OCCCCNC(=O)NCC(F)(F)F. The van der Waals surface area contributed by atoms with Crippen molar-refractivity contribution in [1.29, 1.82) is 0 Å². The van der Waals surface area contributed by atoms with Crippen molar-refractivity contribution in [3.05, 3.63) is 0 Å². The van der Waals surface area contributed by atoms with Gasteiger partial charge in [0.1, 0.15) is 6.54 Å². The van der Waals surface area contributed by atoms with Crippen LogP contribution in [-0.2, 0) is 4.74 Å². The van der Waals surface area contributed by atoms with Gasteiger partial charge in [0.25, 0.3) is 0 Å². The summed E-state index contributed by atoms with van der Waals surface area (Å²) in [6, 6.07) is -0.799. The van der Waals surface area contributed by atoms with Crippen molar-refractivity contribution in [3.8, 4) is 0 Å². The molecule has 0 rings (SSSR count). The molecule has 7 heteroatoms. The molecule has 0 aromatic carbocycles. The number of unbranched alkanes of at least 4 members (excludes halogenated alkanes) is 1. The number of hydrogen-bond acceptors (Lipinski definition) is 2. The Labute approximate surface area is 98.9 Å². The minimum absolute atomic E-state index is 0.165. The average molecular weight is 256 g/mol. The number of alkyl halides is 3. The Morgan fingerprint density at radius 2 is 1.88 bits per heavy atom. The first-order valence-corrected chi connectivity index (χ1v) is 5.51. The number of carbonyl (C=O) groups excluding carboxylic acids is 1. The van der Waals surface area contributed by atoms with E-state index in [2.05, 4.69) is 5.32 Å². The van der Waals surface area contributed by atoms with Gasteiger partial charge in [-0.3, -0.25) is 0 Å². The molecule has 102 valence electrons. The molecule has 0 atom stereocenters. The van der Waals surface area contributed by atoms with Crippen LogP contribution in [0.1, 0.15) is 26.7 Å². The van der Waals surface area contributed by atoms with E-state index in [-0.39, 0.29) is 6.10 Å². The predicted octanol–water partition coefficient (Wildman–Crippen LogP) is 2.05. The van der Waals surface area contributed by atoms with E-state index in [9.17, 15) is 18.0 Å². The van der Waals surface area contributed by atoms with Crippen LogP contribution in [0.25, 0.3) is 0 Å². The molecule has 0 aliphatic rings. The second-order valence-corrected chi connectivity index (χ2v) is 3.85. The molecule has 2 amide bonds. The van der Waals surface area contributed by atoms with Crippen molar-refractivity contribution in [2.24, 2.45) is 0 Å². The van der Waals surface area contributed by atoms with E-state index in [1.54, 1.807) is 5.32 Å². The van der Waals surface area contributed by atoms with Gasteiger partial charge in [-0.1, -0.05) is 0 Å². The number of rotatable bonds is 7. The van der Waals surface area contributed by atoms with Gasteiger partial charge >= 0.3 is 12.2 Å². The zero-order chi connectivity index (χ0) is 13.3. The number of nitrogens with one attached hydrogen (secondary N) is 2. The van der Waals surface area contributed by atoms with Crippen LogP contribution in [0.2, 0.25) is 0 Å². The average Bonchev–Trinajstić information content (AvgIpc) is 2.19. The van der Waals surface area contributed by atoms with Gasteiger partial charge in [0.15, 0.2) is 0 Å². The molecular formula is C10H19F3N2O2. The van der Waals surface area contributed by atoms with Gasteiger partial charge in [0.05, 0.1) is 6.10 Å². The third-order valence-electron chi connectivity index (χ3n) is 1.76. The number of amides is 2. The highest BCUT2D eigenvalue weighted by atomic mass is 19.4. The molecular weight excluding hydrogens is 237 g/mol. The molecule has 17 heavy (non-hydrogen) atoms. The van der Waals surface area contributed by atoms with Crippen LogP contribution < -0.4 is 10.6 Å². The van der Waals surface area contributed by atoms with Gasteiger partial charge in [-0.05, 0) is 26.7 Å². The maximum atomic E-state index is 11.7. The summed E-state index contributed by atoms with van der Waals surface area (Å²) in [6.45, 7) is 3.45. The van der Waals surface area contributed by atoms with Crippen LogP contribution in [-0.4, -0.2) is 38.0 Å². The molecule has 0 aliphatic heterocycles. The van der Waals surface area contributed by atoms with E-state index in [4.69, 9.17) is 4.74 Å². The highest BCUT2D eigenvalue weighted by Gasteiger charge is 2.27. The van der Waals surface area contributed by atoms with Gasteiger partial charge in [0, 0.05) is 13.2 Å². The molecule has 0 spiro atoms. The van der Waals surface area contributed by atoms with Crippen LogP contribution in [0.4, 0.5) is 18.0 Å². The molecule has 0 bridgehead atoms. The van der Waals surface area contributed by atoms with Crippen LogP contribution in [0.3, 0.4) is 0 Å². The standard InChI is InChI=1S/C10H19F3N2O2/c1-8(2)17-6-4-3-5-14-9(16)15-7-10(11,12)13/h8H,3-7H2,1-2H3,(H2,14,15,16). The lowest BCUT2D eigenvalue weighted by atomic mass is 10.3. The Hall–Kier alpha value is -0.980. The van der Waals surface area contributed by atoms with E-state index in [0.29, 0.717) is 19.6 Å². The fraction of sp³-hybridized carbons (Fsp3) is 0.900. The Balaban J connectivity index is 3.34. The lowest BCUT2D eigenvalue weighted by Crippen LogP contribution is -2.41. The first-order valence-electron chi connectivity index (χ1n) is 5.51. The van der Waals surface area contributed by atoms with Crippen molar-refractivity contribution in [2.75, 3.05) is 19.7 Å². The topological polar surface area (TPSA) is 50.4 Å². The molecule has 4 nitrogen and oxygen atoms in total. The summed E-state index contributed by atoms with van der Waals surface area (Å²) in [5.41, 5.74) is 0. The van der Waals surface area contributed by atoms with Crippen molar-refractivity contribution in [2.45, 2.75) is 39.0 Å². The molecule has 0 radical (unpaired) electrons. The zero-order valence-electron chi connectivity index (χ0n) is 10.1. The molecule has 0 aromatic rings. The molecule has 0 heterocycles. The van der Waals surface area contributed by atoms with Crippen molar-refractivity contribution in [3.63, 3.8) is 0 Å². The fourth-order valence-corrected chi connectivity index (χ4v) is 0.991. The van der Waals surface area contributed by atoms with Crippen molar-refractivity contribution < 1.29 is 22.7 Å². The third-order valence-corrected chi connectivity index (χ3v) is 1.76. The second kappa shape index (κ2) is 8.16. The van der Waals surface area contributed by atoms with E-state index in [0.717, 1.165) is 6.42 Å². The second-order valence-electron chi connectivity index (χ2n) is 3.85. The maximum Gasteiger partial charge on any atom is 0.405 e. The molecule has 0 aliphatic carbocycles. The lowest BCUT2D eigenvalue weighted by Gasteiger charge is -2.10. The summed E-state index contributed by atoms with van der Waals surface area (Å²) >= 11 is 0. The van der Waals surface area contributed by atoms with Gasteiger partial charge in [-0.25, -0.2) is 4.79 Å². The van der Waals surface area contributed by atoms with Gasteiger partial charge in [-0.15, -0.1) is 0 Å². The van der Waals surface area contributed by atoms with Crippen LogP contribution in [0.5, 0.6) is 0 Å². The third kappa shape index (κ3) is 13.0. The zero-order valence-corrected chi connectivity index (χ0v) is 10.1. The summed E-state index contributed by atoms with van der Waals surface area (Å²) < 4.78 is 40.4. The Bertz CT molecular complexity index is 220. The van der Waals surface area contributed by atoms with Crippen molar-refractivity contribution >= 4 is 6.03 Å². The first-order chi connectivity index (χ1) is 7.81. The molecule has 2 N–H and O–H groups in total. The number of halogens is 3. The summed E-state index contributed by atoms with van der Waals surface area (Å²) in [5.74, 6) is 0. The molecule has 0 saturated heterocycles. The minimum Gasteiger partial charge on any atom is -0.379 e. The van der Waals surface area contributed by atoms with Crippen molar-refractivity contribution in [1.82, 2.24) is 10.6 Å². The molecule has 0 saturated carbocycles. The maximum absolute atomic E-state index is 11.7. The first kappa shape index (κ1) is 16.0. The number of ether oxygens (including phenoxy) is 1. The highest BCUT2D eigenvalue weighted by Crippen LogP contribution is 2.11. The Kier molecular flexibility index (Phi) is 7.69. The van der Waals surface area contributed by atoms with Crippen LogP contribution in [0, 0.1) is 0 Å². The molecule has 0 fully saturated rings. The van der Waals surface area contributed by atoms with E-state index in [1.165, 1.54) is 0 Å². The number of carbonyl (C=O) groups is 1. The summed E-state index contributed by atoms with van der Waals surface area (Å²) in [6.07, 6.45) is -2.77. The Morgan fingerprint density at radius 3 is 2.41 bits per heavy atom. The normalized spacial score (nSPS) is 11.6. The van der Waals surface area contributed by atoms with Crippen LogP contribution in [0.15, 0.2) is 0 Å². The van der Waals surface area contributed by atoms with E-state index in [1.807, 2.05) is 13.8 Å². The highest BCUT2D eigenvalue weighted by molar-refractivity contribution is 5.73. The number of urea groups is 1. The molecule has 0 unspecified atom stereocenters. The smallest absolute Gasteiger partial charge is 0.379 e. The number of hydrogen-bond donors (Lipinski definition) is 2. The van der Waals surface area contributed by atoms with Gasteiger partial charge in [0.2, 0.25) is 0 Å². The summed E-state index contributed by atoms with van der Waals surface area (Å²) in [4.78, 5) is 10.9. The predicted molar refractivity (Wildman–Crippen MR) is 57.8 cm³/mol.